The summed E-state index contributed by atoms with van der Waals surface area (Å²) in [4.78, 5) is 24.2. The fraction of sp³-hybridized carbons (Fsp3) is 0.222. The molecule has 1 N–H and O–H groups in total. The van der Waals surface area contributed by atoms with Crippen molar-refractivity contribution in [3.05, 3.63) is 59.2 Å². The molecule has 0 aliphatic rings. The van der Waals surface area contributed by atoms with Crippen LogP contribution in [0.25, 0.3) is 0 Å². The van der Waals surface area contributed by atoms with Gasteiger partial charge in [-0.2, -0.15) is 0 Å². The molecular weight excluding hydrogens is 356 g/mol. The molecule has 1 amide bonds. The van der Waals surface area contributed by atoms with Crippen molar-refractivity contribution in [1.29, 1.82) is 0 Å². The van der Waals surface area contributed by atoms with E-state index in [1.54, 1.807) is 37.3 Å². The number of methoxy groups -OCH3 is 1. The normalized spacial score (nSPS) is 10.9. The number of carbonyl (C=O) groups excluding carboxylic acids is 2. The minimum absolute atomic E-state index is 0.292. The summed E-state index contributed by atoms with van der Waals surface area (Å²) in [5.74, 6) is -0.920. The second kappa shape index (κ2) is 7.57. The summed E-state index contributed by atoms with van der Waals surface area (Å²) in [5.41, 5.74) is 2.23. The minimum atomic E-state index is -3.43. The zero-order valence-corrected chi connectivity index (χ0v) is 15.8. The van der Waals surface area contributed by atoms with E-state index in [0.29, 0.717) is 22.5 Å². The molecule has 0 aromatic heterocycles. The highest BCUT2D eigenvalue weighted by molar-refractivity contribution is 7.92. The molecule has 2 aromatic carbocycles. The predicted octanol–water partition coefficient (Wildman–Crippen LogP) is 2.43. The number of esters is 1. The summed E-state index contributed by atoms with van der Waals surface area (Å²) in [6.07, 6.45) is 1.08. The van der Waals surface area contributed by atoms with E-state index in [2.05, 4.69) is 10.1 Å². The molecule has 0 fully saturated rings. The van der Waals surface area contributed by atoms with Crippen molar-refractivity contribution in [2.24, 2.45) is 0 Å². The summed E-state index contributed by atoms with van der Waals surface area (Å²) >= 11 is 0. The number of nitrogens with one attached hydrogen (secondary N) is 1. The van der Waals surface area contributed by atoms with Crippen LogP contribution in [0.2, 0.25) is 0 Å². The van der Waals surface area contributed by atoms with Gasteiger partial charge < -0.3 is 10.1 Å². The van der Waals surface area contributed by atoms with E-state index in [9.17, 15) is 18.0 Å². The molecule has 0 atom stereocenters. The predicted molar refractivity (Wildman–Crippen MR) is 100 cm³/mol. The number of aryl methyl sites for hydroxylation is 1. The van der Waals surface area contributed by atoms with Crippen LogP contribution in [0.4, 0.5) is 11.4 Å². The van der Waals surface area contributed by atoms with Gasteiger partial charge in [-0.15, -0.1) is 0 Å². The molecule has 7 nitrogen and oxygen atoms in total. The van der Waals surface area contributed by atoms with Gasteiger partial charge in [0.15, 0.2) is 0 Å². The van der Waals surface area contributed by atoms with E-state index >= 15 is 0 Å². The number of hydrogen-bond donors (Lipinski definition) is 1. The van der Waals surface area contributed by atoms with Gasteiger partial charge >= 0.3 is 5.97 Å². The first-order valence-corrected chi connectivity index (χ1v) is 9.52. The van der Waals surface area contributed by atoms with Crippen molar-refractivity contribution in [3.63, 3.8) is 0 Å². The number of benzene rings is 2. The van der Waals surface area contributed by atoms with Crippen LogP contribution in [0.15, 0.2) is 42.5 Å². The molecule has 2 rings (SSSR count). The Bertz CT molecular complexity index is 954. The number of hydrogen-bond acceptors (Lipinski definition) is 5. The Hall–Kier alpha value is -2.87. The number of ether oxygens (including phenoxy) is 1. The summed E-state index contributed by atoms with van der Waals surface area (Å²) in [7, 11) is -0.737. The van der Waals surface area contributed by atoms with Gasteiger partial charge in [0.2, 0.25) is 10.0 Å². The maximum Gasteiger partial charge on any atom is 0.337 e. The monoisotopic (exact) mass is 376 g/mol. The second-order valence-electron chi connectivity index (χ2n) is 5.76. The fourth-order valence-electron chi connectivity index (χ4n) is 2.23. The van der Waals surface area contributed by atoms with E-state index in [1.165, 1.54) is 26.3 Å². The molecule has 8 heteroatoms. The zero-order valence-electron chi connectivity index (χ0n) is 14.9. The Labute approximate surface area is 152 Å². The van der Waals surface area contributed by atoms with Crippen LogP contribution in [-0.4, -0.2) is 40.7 Å². The SMILES string of the molecule is COC(=O)c1ccc(C)c(NC(=O)c2cccc(N(C)S(C)(=O)=O)c2)c1. The molecule has 0 bridgehead atoms. The Morgan fingerprint density at radius 2 is 1.77 bits per heavy atom. The molecule has 0 heterocycles. The number of anilines is 2. The zero-order chi connectivity index (χ0) is 19.5. The van der Waals surface area contributed by atoms with Crippen LogP contribution in [-0.2, 0) is 14.8 Å². The molecule has 26 heavy (non-hydrogen) atoms. The van der Waals surface area contributed by atoms with Gasteiger partial charge in [0.25, 0.3) is 5.91 Å². The average molecular weight is 376 g/mol. The number of nitrogens with zero attached hydrogens (tertiary/aromatic N) is 1. The second-order valence-corrected chi connectivity index (χ2v) is 7.77. The highest BCUT2D eigenvalue weighted by Gasteiger charge is 2.15. The fourth-order valence-corrected chi connectivity index (χ4v) is 2.73. The highest BCUT2D eigenvalue weighted by atomic mass is 32.2. The van der Waals surface area contributed by atoms with Crippen LogP contribution in [0.3, 0.4) is 0 Å². The smallest absolute Gasteiger partial charge is 0.337 e. The Morgan fingerprint density at radius 1 is 1.08 bits per heavy atom. The molecule has 0 saturated carbocycles. The maximum absolute atomic E-state index is 12.5. The molecule has 0 saturated heterocycles. The Kier molecular flexibility index (Phi) is 5.66. The van der Waals surface area contributed by atoms with Crippen LogP contribution >= 0.6 is 0 Å². The van der Waals surface area contributed by atoms with Crippen molar-refractivity contribution in [1.82, 2.24) is 0 Å². The number of rotatable bonds is 5. The number of carbonyl (C=O) groups is 2. The summed E-state index contributed by atoms with van der Waals surface area (Å²) in [6.45, 7) is 1.80. The molecule has 0 aliphatic carbocycles. The lowest BCUT2D eigenvalue weighted by Gasteiger charge is -2.17. The van der Waals surface area contributed by atoms with Crippen molar-refractivity contribution < 1.29 is 22.7 Å². The van der Waals surface area contributed by atoms with Gasteiger partial charge in [0.1, 0.15) is 0 Å². The third-order valence-corrected chi connectivity index (χ3v) is 5.08. The third-order valence-electron chi connectivity index (χ3n) is 3.88. The molecule has 2 aromatic rings. The van der Waals surface area contributed by atoms with Crippen molar-refractivity contribution in [2.75, 3.05) is 30.0 Å². The quantitative estimate of drug-likeness (QED) is 0.809. The van der Waals surface area contributed by atoms with Crippen molar-refractivity contribution in [2.45, 2.75) is 6.92 Å². The van der Waals surface area contributed by atoms with Gasteiger partial charge in [-0.25, -0.2) is 13.2 Å². The number of sulfonamides is 1. The van der Waals surface area contributed by atoms with Gasteiger partial charge in [0, 0.05) is 18.3 Å². The van der Waals surface area contributed by atoms with E-state index < -0.39 is 21.9 Å². The lowest BCUT2D eigenvalue weighted by Crippen LogP contribution is -2.25. The van der Waals surface area contributed by atoms with Crippen LogP contribution in [0.1, 0.15) is 26.3 Å². The largest absolute Gasteiger partial charge is 0.465 e. The first-order valence-electron chi connectivity index (χ1n) is 7.67. The highest BCUT2D eigenvalue weighted by Crippen LogP contribution is 2.21. The van der Waals surface area contributed by atoms with Crippen molar-refractivity contribution >= 4 is 33.3 Å². The third kappa shape index (κ3) is 4.40. The Balaban J connectivity index is 2.30. The Morgan fingerprint density at radius 3 is 2.38 bits per heavy atom. The molecule has 138 valence electrons. The molecule has 0 aliphatic heterocycles. The maximum atomic E-state index is 12.5. The summed E-state index contributed by atoms with van der Waals surface area (Å²) in [6, 6.07) is 11.1. The lowest BCUT2D eigenvalue weighted by atomic mass is 10.1. The van der Waals surface area contributed by atoms with E-state index in [4.69, 9.17) is 0 Å². The minimum Gasteiger partial charge on any atom is -0.465 e. The number of amides is 1. The van der Waals surface area contributed by atoms with Crippen molar-refractivity contribution in [3.8, 4) is 0 Å². The van der Waals surface area contributed by atoms with E-state index in [0.717, 1.165) is 16.1 Å². The molecule has 0 radical (unpaired) electrons. The molecule has 0 spiro atoms. The average Bonchev–Trinajstić information content (AvgIpc) is 2.61. The van der Waals surface area contributed by atoms with Gasteiger partial charge in [0.05, 0.1) is 24.6 Å². The summed E-state index contributed by atoms with van der Waals surface area (Å²) < 4.78 is 29.1. The van der Waals surface area contributed by atoms with Crippen LogP contribution in [0, 0.1) is 6.92 Å². The lowest BCUT2D eigenvalue weighted by molar-refractivity contribution is 0.0600. The van der Waals surface area contributed by atoms with E-state index in [1.807, 2.05) is 0 Å². The van der Waals surface area contributed by atoms with E-state index in [-0.39, 0.29) is 0 Å². The van der Waals surface area contributed by atoms with Crippen LogP contribution < -0.4 is 9.62 Å². The first kappa shape index (κ1) is 19.5. The standard InChI is InChI=1S/C18H20N2O5S/c1-12-8-9-14(18(22)25-3)11-16(12)19-17(21)13-6-5-7-15(10-13)20(2)26(4,23)24/h5-11H,1-4H3,(H,19,21). The first-order chi connectivity index (χ1) is 12.1. The van der Waals surface area contributed by atoms with Gasteiger partial charge in [-0.3, -0.25) is 9.10 Å². The summed E-state index contributed by atoms with van der Waals surface area (Å²) in [5, 5.41) is 2.74. The molecular formula is C18H20N2O5S. The van der Waals surface area contributed by atoms with Crippen LogP contribution in [0.5, 0.6) is 0 Å². The van der Waals surface area contributed by atoms with Gasteiger partial charge in [-0.1, -0.05) is 12.1 Å². The van der Waals surface area contributed by atoms with Gasteiger partial charge in [-0.05, 0) is 42.8 Å². The molecule has 0 unspecified atom stereocenters. The topological polar surface area (TPSA) is 92.8 Å².